The fraction of sp³-hybridized carbons (Fsp3) is 0.467. The molecule has 0 aliphatic heterocycles. The van der Waals surface area contributed by atoms with Crippen molar-refractivity contribution in [1.82, 2.24) is 5.32 Å². The summed E-state index contributed by atoms with van der Waals surface area (Å²) in [5.41, 5.74) is 0.413. The van der Waals surface area contributed by atoms with E-state index in [0.717, 1.165) is 19.3 Å². The lowest BCUT2D eigenvalue weighted by Crippen LogP contribution is -2.43. The van der Waals surface area contributed by atoms with Gasteiger partial charge in [0.15, 0.2) is 0 Å². The van der Waals surface area contributed by atoms with Crippen LogP contribution in [0.15, 0.2) is 24.3 Å². The van der Waals surface area contributed by atoms with E-state index in [-0.39, 0.29) is 6.04 Å². The Bertz CT molecular complexity index is 480. The van der Waals surface area contributed by atoms with Gasteiger partial charge in [0.25, 0.3) is 0 Å². The number of nitrogens with one attached hydrogen (secondary N) is 2. The Morgan fingerprint density at radius 2 is 2.00 bits per heavy atom. The minimum absolute atomic E-state index is 0.167. The number of rotatable bonds is 7. The van der Waals surface area contributed by atoms with E-state index in [4.69, 9.17) is 16.3 Å². The van der Waals surface area contributed by atoms with Crippen molar-refractivity contribution >= 4 is 29.1 Å². The van der Waals surface area contributed by atoms with Gasteiger partial charge in [0.2, 0.25) is 0 Å². The first kappa shape index (κ1) is 17.5. The Hall–Kier alpha value is -1.59. The van der Waals surface area contributed by atoms with Crippen LogP contribution in [-0.4, -0.2) is 31.6 Å². The predicted molar refractivity (Wildman–Crippen MR) is 83.4 cm³/mol. The van der Waals surface area contributed by atoms with Gasteiger partial charge in [0.1, 0.15) is 0 Å². The van der Waals surface area contributed by atoms with Crippen molar-refractivity contribution in [3.63, 3.8) is 0 Å². The fourth-order valence-electron chi connectivity index (χ4n) is 1.84. The van der Waals surface area contributed by atoms with E-state index < -0.39 is 11.8 Å². The molecule has 1 atom stereocenters. The highest BCUT2D eigenvalue weighted by Crippen LogP contribution is 2.20. The van der Waals surface area contributed by atoms with Crippen molar-refractivity contribution in [3.05, 3.63) is 29.3 Å². The zero-order valence-corrected chi connectivity index (χ0v) is 13.1. The summed E-state index contributed by atoms with van der Waals surface area (Å²) < 4.78 is 5.05. The van der Waals surface area contributed by atoms with Crippen LogP contribution >= 0.6 is 11.6 Å². The molecule has 1 rings (SSSR count). The molecule has 2 amide bonds. The Morgan fingerprint density at radius 3 is 2.62 bits per heavy atom. The molecule has 0 unspecified atom stereocenters. The third kappa shape index (κ3) is 6.14. The topological polar surface area (TPSA) is 67.4 Å². The number of halogens is 1. The molecule has 2 N–H and O–H groups in total. The van der Waals surface area contributed by atoms with Crippen LogP contribution in [0.5, 0.6) is 0 Å². The predicted octanol–water partition coefficient (Wildman–Crippen LogP) is 2.60. The largest absolute Gasteiger partial charge is 0.383 e. The lowest BCUT2D eigenvalue weighted by atomic mass is 10.1. The second-order valence-electron chi connectivity index (χ2n) is 4.70. The maximum absolute atomic E-state index is 11.9. The van der Waals surface area contributed by atoms with Crippen molar-refractivity contribution in [2.24, 2.45) is 0 Å². The van der Waals surface area contributed by atoms with Crippen LogP contribution in [-0.2, 0) is 14.3 Å². The van der Waals surface area contributed by atoms with Crippen LogP contribution < -0.4 is 10.6 Å². The van der Waals surface area contributed by atoms with Crippen molar-refractivity contribution in [3.8, 4) is 0 Å². The van der Waals surface area contributed by atoms with E-state index in [2.05, 4.69) is 17.6 Å². The van der Waals surface area contributed by atoms with Gasteiger partial charge in [-0.05, 0) is 18.6 Å². The number of para-hydroxylation sites is 1. The Balaban J connectivity index is 2.56. The van der Waals surface area contributed by atoms with Gasteiger partial charge in [-0.15, -0.1) is 0 Å². The molecule has 0 aliphatic carbocycles. The summed E-state index contributed by atoms with van der Waals surface area (Å²) in [7, 11) is 1.56. The molecule has 1 aromatic rings. The molecule has 116 valence electrons. The van der Waals surface area contributed by atoms with Crippen molar-refractivity contribution in [1.29, 1.82) is 0 Å². The fourth-order valence-corrected chi connectivity index (χ4v) is 2.02. The maximum atomic E-state index is 11.9. The second-order valence-corrected chi connectivity index (χ2v) is 5.11. The summed E-state index contributed by atoms with van der Waals surface area (Å²) in [6.07, 6.45) is 2.75. The first-order chi connectivity index (χ1) is 10.1. The van der Waals surface area contributed by atoms with Crippen molar-refractivity contribution in [2.75, 3.05) is 19.0 Å². The average molecular weight is 313 g/mol. The Morgan fingerprint density at radius 1 is 1.29 bits per heavy atom. The number of unbranched alkanes of at least 4 members (excludes halogenated alkanes) is 1. The van der Waals surface area contributed by atoms with Gasteiger partial charge in [0.05, 0.1) is 23.4 Å². The minimum atomic E-state index is -0.735. The molecule has 0 fully saturated rings. The monoisotopic (exact) mass is 312 g/mol. The van der Waals surface area contributed by atoms with Gasteiger partial charge < -0.3 is 15.4 Å². The van der Waals surface area contributed by atoms with Gasteiger partial charge in [0, 0.05) is 7.11 Å². The molecular formula is C15H21ClN2O3. The van der Waals surface area contributed by atoms with Crippen LogP contribution in [0.4, 0.5) is 5.69 Å². The van der Waals surface area contributed by atoms with Crippen LogP contribution in [0.1, 0.15) is 26.2 Å². The second kappa shape index (κ2) is 9.37. The number of hydrogen-bond acceptors (Lipinski definition) is 3. The number of anilines is 1. The minimum Gasteiger partial charge on any atom is -0.383 e. The highest BCUT2D eigenvalue weighted by Gasteiger charge is 2.19. The maximum Gasteiger partial charge on any atom is 0.313 e. The highest BCUT2D eigenvalue weighted by molar-refractivity contribution is 6.41. The summed E-state index contributed by atoms with van der Waals surface area (Å²) in [4.78, 5) is 23.7. The highest BCUT2D eigenvalue weighted by atomic mass is 35.5. The molecule has 1 aromatic carbocycles. The standard InChI is InChI=1S/C15H21ClN2O3/c1-3-4-7-11(10-21-2)17-14(19)15(20)18-13-9-6-5-8-12(13)16/h5-6,8-9,11H,3-4,7,10H2,1-2H3,(H,17,19)(H,18,20)/t11-/m1/s1. The molecule has 5 nitrogen and oxygen atoms in total. The molecule has 0 radical (unpaired) electrons. The van der Waals surface area contributed by atoms with Crippen LogP contribution in [0.25, 0.3) is 0 Å². The van der Waals surface area contributed by atoms with E-state index in [0.29, 0.717) is 17.3 Å². The SMILES string of the molecule is CCCC[C@H](COC)NC(=O)C(=O)Nc1ccccc1Cl. The number of benzene rings is 1. The molecule has 21 heavy (non-hydrogen) atoms. The number of hydrogen-bond donors (Lipinski definition) is 2. The molecule has 0 aromatic heterocycles. The van der Waals surface area contributed by atoms with Crippen molar-refractivity contribution < 1.29 is 14.3 Å². The van der Waals surface area contributed by atoms with Gasteiger partial charge in [-0.1, -0.05) is 43.5 Å². The quantitative estimate of drug-likeness (QED) is 0.760. The summed E-state index contributed by atoms with van der Waals surface area (Å²) in [5.74, 6) is -1.42. The molecule has 0 heterocycles. The lowest BCUT2D eigenvalue weighted by Gasteiger charge is -2.17. The number of amides is 2. The van der Waals surface area contributed by atoms with Gasteiger partial charge in [-0.2, -0.15) is 0 Å². The Labute approximate surface area is 130 Å². The van der Waals surface area contributed by atoms with Crippen LogP contribution in [0.3, 0.4) is 0 Å². The summed E-state index contributed by atoms with van der Waals surface area (Å²) in [6.45, 7) is 2.45. The molecule has 0 aliphatic rings. The van der Waals surface area contributed by atoms with E-state index in [1.54, 1.807) is 31.4 Å². The van der Waals surface area contributed by atoms with Gasteiger partial charge in [-0.25, -0.2) is 0 Å². The summed E-state index contributed by atoms with van der Waals surface area (Å²) >= 11 is 5.93. The summed E-state index contributed by atoms with van der Waals surface area (Å²) in [6, 6.07) is 6.59. The van der Waals surface area contributed by atoms with Crippen LogP contribution in [0.2, 0.25) is 5.02 Å². The third-order valence-electron chi connectivity index (χ3n) is 2.94. The van der Waals surface area contributed by atoms with E-state index >= 15 is 0 Å². The normalized spacial score (nSPS) is 11.8. The molecule has 0 saturated heterocycles. The first-order valence-electron chi connectivity index (χ1n) is 6.93. The number of carbonyl (C=O) groups excluding carboxylic acids is 2. The van der Waals surface area contributed by atoms with E-state index in [1.807, 2.05) is 0 Å². The molecule has 0 bridgehead atoms. The molecule has 0 spiro atoms. The third-order valence-corrected chi connectivity index (χ3v) is 3.27. The molecular weight excluding hydrogens is 292 g/mol. The first-order valence-corrected chi connectivity index (χ1v) is 7.31. The smallest absolute Gasteiger partial charge is 0.313 e. The number of methoxy groups -OCH3 is 1. The number of ether oxygens (including phenoxy) is 1. The number of carbonyl (C=O) groups is 2. The average Bonchev–Trinajstić information content (AvgIpc) is 2.47. The van der Waals surface area contributed by atoms with Gasteiger partial charge in [-0.3, -0.25) is 9.59 Å². The Kier molecular flexibility index (Phi) is 7.79. The summed E-state index contributed by atoms with van der Waals surface area (Å²) in [5, 5.41) is 5.55. The molecule has 6 heteroatoms. The lowest BCUT2D eigenvalue weighted by molar-refractivity contribution is -0.136. The van der Waals surface area contributed by atoms with E-state index in [1.165, 1.54) is 0 Å². The van der Waals surface area contributed by atoms with E-state index in [9.17, 15) is 9.59 Å². The van der Waals surface area contributed by atoms with Gasteiger partial charge >= 0.3 is 11.8 Å². The van der Waals surface area contributed by atoms with Crippen molar-refractivity contribution in [2.45, 2.75) is 32.2 Å². The van der Waals surface area contributed by atoms with Crippen LogP contribution in [0, 0.1) is 0 Å². The zero-order valence-electron chi connectivity index (χ0n) is 12.3. The molecule has 0 saturated carbocycles. The zero-order chi connectivity index (χ0) is 15.7.